The van der Waals surface area contributed by atoms with Gasteiger partial charge in [0.15, 0.2) is 17.4 Å². The fourth-order valence-electron chi connectivity index (χ4n) is 6.17. The van der Waals surface area contributed by atoms with Crippen LogP contribution in [0.5, 0.6) is 0 Å². The number of nitrogens with one attached hydrogen (secondary N) is 2. The average Bonchev–Trinajstić information content (AvgIpc) is 3.62. The molecule has 0 aliphatic carbocycles. The van der Waals surface area contributed by atoms with Gasteiger partial charge in [-0.05, 0) is 64.5 Å². The van der Waals surface area contributed by atoms with Gasteiger partial charge in [-0.1, -0.05) is 59.5 Å². The molecular formula is C36H54N2O6. The van der Waals surface area contributed by atoms with E-state index in [0.29, 0.717) is 42.7 Å². The minimum atomic E-state index is -0.926. The van der Waals surface area contributed by atoms with Gasteiger partial charge >= 0.3 is 5.97 Å². The Kier molecular flexibility index (Phi) is 12.4. The Hall–Kier alpha value is -2.97. The van der Waals surface area contributed by atoms with Gasteiger partial charge in [0.1, 0.15) is 6.10 Å². The third-order valence-corrected chi connectivity index (χ3v) is 8.90. The first-order valence-corrected chi connectivity index (χ1v) is 16.3. The van der Waals surface area contributed by atoms with Gasteiger partial charge in [-0.25, -0.2) is 0 Å². The molecule has 3 heterocycles. The molecule has 3 rings (SSSR count). The summed E-state index contributed by atoms with van der Waals surface area (Å²) in [7, 11) is 0. The summed E-state index contributed by atoms with van der Waals surface area (Å²) in [5.74, 6) is -2.24. The number of aliphatic carboxylic acids is 1. The average molecular weight is 611 g/mol. The van der Waals surface area contributed by atoms with E-state index >= 15 is 0 Å². The van der Waals surface area contributed by atoms with Crippen LogP contribution in [0.1, 0.15) is 144 Å². The number of aromatic nitrogens is 2. The number of carboxylic acids is 1. The number of H-pyrrole nitrogens is 2. The number of carboxylic acid groups (broad SMARTS) is 1. The van der Waals surface area contributed by atoms with Crippen LogP contribution in [-0.4, -0.2) is 51.1 Å². The molecule has 2 atom stereocenters. The fourth-order valence-corrected chi connectivity index (χ4v) is 6.17. The number of rotatable bonds is 19. The van der Waals surface area contributed by atoms with Gasteiger partial charge in [-0.15, -0.1) is 6.58 Å². The molecule has 8 nitrogen and oxygen atoms in total. The molecule has 3 N–H and O–H groups in total. The number of allylic oxidation sites excluding steroid dienone is 1. The minimum Gasteiger partial charge on any atom is -0.481 e. The van der Waals surface area contributed by atoms with E-state index in [2.05, 4.69) is 16.5 Å². The number of ketones is 2. The SMILES string of the molecule is C=CCCCCCCCC(C)(C)C(=O)c1cc[nH]c1CCCC(CC(=O)O)c1[nH]ccc1C(=O)C1OC(C)(C)OCC1(C)C. The molecular weight excluding hydrogens is 556 g/mol. The summed E-state index contributed by atoms with van der Waals surface area (Å²) in [5.41, 5.74) is 1.67. The zero-order chi connectivity index (χ0) is 32.5. The van der Waals surface area contributed by atoms with E-state index in [1.807, 2.05) is 46.0 Å². The maximum Gasteiger partial charge on any atom is 0.304 e. The van der Waals surface area contributed by atoms with Crippen molar-refractivity contribution in [1.29, 1.82) is 0 Å². The van der Waals surface area contributed by atoms with Crippen molar-refractivity contribution in [2.75, 3.05) is 6.61 Å². The zero-order valence-electron chi connectivity index (χ0n) is 27.7. The van der Waals surface area contributed by atoms with Crippen molar-refractivity contribution in [3.8, 4) is 0 Å². The first-order chi connectivity index (χ1) is 20.7. The van der Waals surface area contributed by atoms with Crippen molar-refractivity contribution in [2.24, 2.45) is 10.8 Å². The number of carbonyl (C=O) groups excluding carboxylic acids is 2. The van der Waals surface area contributed by atoms with Crippen LogP contribution >= 0.6 is 0 Å². The Labute approximate surface area is 263 Å². The van der Waals surface area contributed by atoms with E-state index in [1.54, 1.807) is 26.1 Å². The number of hydrogen-bond acceptors (Lipinski definition) is 5. The monoisotopic (exact) mass is 610 g/mol. The van der Waals surface area contributed by atoms with Gasteiger partial charge < -0.3 is 24.5 Å². The Morgan fingerprint density at radius 3 is 2.39 bits per heavy atom. The molecule has 0 radical (unpaired) electrons. The summed E-state index contributed by atoms with van der Waals surface area (Å²) in [4.78, 5) is 45.7. The van der Waals surface area contributed by atoms with Crippen LogP contribution in [0.2, 0.25) is 0 Å². The number of carbonyl (C=O) groups is 3. The van der Waals surface area contributed by atoms with Crippen LogP contribution in [0.15, 0.2) is 37.2 Å². The lowest BCUT2D eigenvalue weighted by Gasteiger charge is -2.45. The zero-order valence-corrected chi connectivity index (χ0v) is 27.7. The van der Waals surface area contributed by atoms with Crippen molar-refractivity contribution in [2.45, 2.75) is 130 Å². The molecule has 1 saturated heterocycles. The highest BCUT2D eigenvalue weighted by Crippen LogP contribution is 2.38. The van der Waals surface area contributed by atoms with Crippen molar-refractivity contribution in [1.82, 2.24) is 9.97 Å². The van der Waals surface area contributed by atoms with Gasteiger partial charge in [0, 0.05) is 51.7 Å². The molecule has 2 aromatic heterocycles. The van der Waals surface area contributed by atoms with Crippen LogP contribution in [0.3, 0.4) is 0 Å². The van der Waals surface area contributed by atoms with Crippen molar-refractivity contribution in [3.05, 3.63) is 59.7 Å². The molecule has 1 aliphatic rings. The number of Topliss-reactive ketones (excluding diaryl/α,β-unsaturated/α-hetero) is 2. The summed E-state index contributed by atoms with van der Waals surface area (Å²) in [5, 5.41) is 9.75. The third kappa shape index (κ3) is 9.51. The third-order valence-electron chi connectivity index (χ3n) is 8.90. The van der Waals surface area contributed by atoms with Crippen molar-refractivity contribution >= 4 is 17.5 Å². The van der Waals surface area contributed by atoms with Crippen LogP contribution in [-0.2, 0) is 20.7 Å². The highest BCUT2D eigenvalue weighted by atomic mass is 16.7. The Morgan fingerprint density at radius 2 is 1.68 bits per heavy atom. The number of hydrogen-bond donors (Lipinski definition) is 3. The van der Waals surface area contributed by atoms with E-state index in [0.717, 1.165) is 31.4 Å². The molecule has 0 amide bonds. The molecule has 44 heavy (non-hydrogen) atoms. The molecule has 8 heteroatoms. The predicted octanol–water partition coefficient (Wildman–Crippen LogP) is 8.41. The van der Waals surface area contributed by atoms with Crippen molar-refractivity contribution in [3.63, 3.8) is 0 Å². The van der Waals surface area contributed by atoms with Crippen LogP contribution in [0, 0.1) is 10.8 Å². The standard InChI is InChI=1S/C36H54N2O6/c1-8-9-10-11-12-13-14-20-34(2,3)32(42)26-18-21-37-28(26)17-15-16-25(23-29(39)40)30-27(19-22-38-30)31(41)33-35(4,5)24-43-36(6,7)44-33/h8,18-19,21-22,25,33,37-38H,1,9-17,20,23-24H2,2-7H3,(H,39,40). The first kappa shape index (κ1) is 35.5. The second-order valence-corrected chi connectivity index (χ2v) is 14.2. The second-order valence-electron chi connectivity index (χ2n) is 14.2. The minimum absolute atomic E-state index is 0.110. The fraction of sp³-hybridized carbons (Fsp3) is 0.639. The maximum absolute atomic E-state index is 13.8. The molecule has 2 aromatic rings. The van der Waals surface area contributed by atoms with Gasteiger partial charge in [-0.3, -0.25) is 14.4 Å². The smallest absolute Gasteiger partial charge is 0.304 e. The van der Waals surface area contributed by atoms with E-state index in [-0.39, 0.29) is 18.0 Å². The van der Waals surface area contributed by atoms with E-state index in [1.165, 1.54) is 19.3 Å². The second kappa shape index (κ2) is 15.3. The van der Waals surface area contributed by atoms with Crippen molar-refractivity contribution < 1.29 is 29.0 Å². The number of aryl methyl sites for hydroxylation is 1. The predicted molar refractivity (Wildman–Crippen MR) is 173 cm³/mol. The van der Waals surface area contributed by atoms with E-state index in [4.69, 9.17) is 9.47 Å². The Bertz CT molecular complexity index is 1270. The summed E-state index contributed by atoms with van der Waals surface area (Å²) < 4.78 is 11.9. The lowest BCUT2D eigenvalue weighted by molar-refractivity contribution is -0.298. The van der Waals surface area contributed by atoms with E-state index < -0.39 is 34.6 Å². The normalized spacial score (nSPS) is 18.5. The highest BCUT2D eigenvalue weighted by molar-refractivity contribution is 6.02. The van der Waals surface area contributed by atoms with Crippen LogP contribution < -0.4 is 0 Å². The Balaban J connectivity index is 1.66. The maximum atomic E-state index is 13.8. The van der Waals surface area contributed by atoms with Gasteiger partial charge in [-0.2, -0.15) is 0 Å². The van der Waals surface area contributed by atoms with Gasteiger partial charge in [0.05, 0.1) is 13.0 Å². The Morgan fingerprint density at radius 1 is 1.02 bits per heavy atom. The lowest BCUT2D eigenvalue weighted by atomic mass is 9.79. The summed E-state index contributed by atoms with van der Waals surface area (Å²) >= 11 is 0. The molecule has 1 aliphatic heterocycles. The first-order valence-electron chi connectivity index (χ1n) is 16.3. The quantitative estimate of drug-likeness (QED) is 0.0834. The molecule has 244 valence electrons. The molecule has 0 spiro atoms. The summed E-state index contributed by atoms with van der Waals surface area (Å²) in [6.45, 7) is 15.7. The summed E-state index contributed by atoms with van der Waals surface area (Å²) in [6, 6.07) is 3.59. The highest BCUT2D eigenvalue weighted by Gasteiger charge is 2.46. The molecule has 0 bridgehead atoms. The molecule has 0 saturated carbocycles. The van der Waals surface area contributed by atoms with Crippen LogP contribution in [0.4, 0.5) is 0 Å². The molecule has 2 unspecified atom stereocenters. The topological polar surface area (TPSA) is 121 Å². The molecule has 1 fully saturated rings. The lowest BCUT2D eigenvalue weighted by Crippen LogP contribution is -2.53. The van der Waals surface area contributed by atoms with E-state index in [9.17, 15) is 19.5 Å². The number of ether oxygens (including phenoxy) is 2. The van der Waals surface area contributed by atoms with Crippen LogP contribution in [0.25, 0.3) is 0 Å². The molecule has 0 aromatic carbocycles. The van der Waals surface area contributed by atoms with Gasteiger partial charge in [0.2, 0.25) is 0 Å². The number of unbranched alkanes of at least 4 members (excludes halogenated alkanes) is 5. The summed E-state index contributed by atoms with van der Waals surface area (Å²) in [6.07, 6.45) is 14.0. The largest absolute Gasteiger partial charge is 0.481 e. The number of aromatic amines is 2. The van der Waals surface area contributed by atoms with Gasteiger partial charge in [0.25, 0.3) is 0 Å².